The van der Waals surface area contributed by atoms with Crippen LogP contribution >= 0.6 is 47.2 Å². The highest BCUT2D eigenvalue weighted by atomic mass is 35.5. The molecule has 3 rings (SSSR count). The van der Waals surface area contributed by atoms with Crippen molar-refractivity contribution in [2.75, 3.05) is 0 Å². The standard InChI is InChI=1S/C20H14Cl2N4S2/c21-13-5-1-11(2-6-13)16-15(9-23)18(25)28-17(20(16,10-24)19(26)27)12-3-7-14(22)8-4-12/h1-8,16-17H,25H2,(H2,26,27)/t16-,17-,20-/m1/s1. The van der Waals surface area contributed by atoms with Gasteiger partial charge in [0.15, 0.2) is 0 Å². The van der Waals surface area contributed by atoms with E-state index in [9.17, 15) is 10.5 Å². The Morgan fingerprint density at radius 2 is 1.50 bits per heavy atom. The fourth-order valence-corrected chi connectivity index (χ4v) is 5.37. The number of hydrogen-bond acceptors (Lipinski definition) is 5. The van der Waals surface area contributed by atoms with Gasteiger partial charge in [-0.3, -0.25) is 0 Å². The van der Waals surface area contributed by atoms with Crippen LogP contribution in [0.4, 0.5) is 0 Å². The molecular weight excluding hydrogens is 431 g/mol. The summed E-state index contributed by atoms with van der Waals surface area (Å²) in [6, 6.07) is 18.5. The normalized spacial score (nSPS) is 24.3. The smallest absolute Gasteiger partial charge is 0.135 e. The van der Waals surface area contributed by atoms with Crippen molar-refractivity contribution in [2.45, 2.75) is 11.2 Å². The highest BCUT2D eigenvalue weighted by Crippen LogP contribution is 2.60. The Labute approximate surface area is 182 Å². The molecular formula is C20H14Cl2N4S2. The number of halogens is 2. The lowest BCUT2D eigenvalue weighted by Gasteiger charge is -2.44. The maximum atomic E-state index is 10.3. The minimum absolute atomic E-state index is 0.00245. The zero-order chi connectivity index (χ0) is 20.5. The van der Waals surface area contributed by atoms with Crippen LogP contribution in [0, 0.1) is 28.1 Å². The van der Waals surface area contributed by atoms with Crippen LogP contribution in [0.15, 0.2) is 59.1 Å². The van der Waals surface area contributed by atoms with Crippen LogP contribution in [-0.4, -0.2) is 4.99 Å². The highest BCUT2D eigenvalue weighted by Gasteiger charge is 2.55. The Bertz CT molecular complexity index is 1040. The number of benzene rings is 2. The van der Waals surface area contributed by atoms with Crippen molar-refractivity contribution in [1.29, 1.82) is 10.5 Å². The van der Waals surface area contributed by atoms with Gasteiger partial charge >= 0.3 is 0 Å². The summed E-state index contributed by atoms with van der Waals surface area (Å²) < 4.78 is 0. The summed E-state index contributed by atoms with van der Waals surface area (Å²) in [5.41, 5.74) is 12.8. The zero-order valence-corrected chi connectivity index (χ0v) is 17.5. The molecule has 0 aliphatic carbocycles. The van der Waals surface area contributed by atoms with Crippen LogP contribution in [0.2, 0.25) is 10.0 Å². The fourth-order valence-electron chi connectivity index (χ4n) is 3.43. The van der Waals surface area contributed by atoms with E-state index >= 15 is 0 Å². The van der Waals surface area contributed by atoms with E-state index in [4.69, 9.17) is 46.9 Å². The molecule has 2 aromatic carbocycles. The van der Waals surface area contributed by atoms with Crippen molar-refractivity contribution >= 4 is 52.2 Å². The van der Waals surface area contributed by atoms with Crippen LogP contribution in [0.3, 0.4) is 0 Å². The van der Waals surface area contributed by atoms with Gasteiger partial charge in [0.2, 0.25) is 0 Å². The maximum Gasteiger partial charge on any atom is 0.135 e. The van der Waals surface area contributed by atoms with Crippen molar-refractivity contribution in [3.05, 3.63) is 80.3 Å². The molecule has 4 N–H and O–H groups in total. The number of nitriles is 2. The first-order valence-corrected chi connectivity index (χ1v) is 10.2. The molecule has 0 bridgehead atoms. The largest absolute Gasteiger partial charge is 0.393 e. The summed E-state index contributed by atoms with van der Waals surface area (Å²) >= 11 is 18.6. The second-order valence-electron chi connectivity index (χ2n) is 6.27. The Morgan fingerprint density at radius 3 is 1.93 bits per heavy atom. The summed E-state index contributed by atoms with van der Waals surface area (Å²) in [4.78, 5) is 0.00245. The van der Waals surface area contributed by atoms with E-state index in [1.54, 1.807) is 36.4 Å². The molecule has 1 aliphatic heterocycles. The number of thiocarbonyl (C=S) groups is 1. The van der Waals surface area contributed by atoms with Crippen molar-refractivity contribution in [1.82, 2.24) is 0 Å². The van der Waals surface area contributed by atoms with E-state index in [0.29, 0.717) is 20.6 Å². The van der Waals surface area contributed by atoms with Gasteiger partial charge in [0, 0.05) is 16.0 Å². The molecule has 0 amide bonds. The highest BCUT2D eigenvalue weighted by molar-refractivity contribution is 8.03. The van der Waals surface area contributed by atoms with E-state index in [-0.39, 0.29) is 10.6 Å². The lowest BCUT2D eigenvalue weighted by atomic mass is 9.65. The molecule has 1 heterocycles. The van der Waals surface area contributed by atoms with Crippen molar-refractivity contribution in [3.63, 3.8) is 0 Å². The molecule has 0 unspecified atom stereocenters. The van der Waals surface area contributed by atoms with E-state index in [2.05, 4.69) is 12.1 Å². The molecule has 4 nitrogen and oxygen atoms in total. The van der Waals surface area contributed by atoms with Gasteiger partial charge in [0.05, 0.1) is 33.0 Å². The Hall–Kier alpha value is -2.22. The van der Waals surface area contributed by atoms with Crippen LogP contribution in [0.5, 0.6) is 0 Å². The van der Waals surface area contributed by atoms with Crippen molar-refractivity contribution in [3.8, 4) is 12.1 Å². The molecule has 140 valence electrons. The van der Waals surface area contributed by atoms with Gasteiger partial charge in [-0.05, 0) is 35.4 Å². The summed E-state index contributed by atoms with van der Waals surface area (Å²) in [6.07, 6.45) is 0. The van der Waals surface area contributed by atoms with Gasteiger partial charge in [-0.15, -0.1) is 0 Å². The Balaban J connectivity index is 2.32. The molecule has 1 aliphatic rings. The number of rotatable bonds is 3. The minimum Gasteiger partial charge on any atom is -0.393 e. The van der Waals surface area contributed by atoms with Gasteiger partial charge in [0.1, 0.15) is 5.41 Å². The van der Waals surface area contributed by atoms with Crippen molar-refractivity contribution in [2.24, 2.45) is 16.9 Å². The molecule has 0 radical (unpaired) electrons. The first-order chi connectivity index (χ1) is 13.3. The van der Waals surface area contributed by atoms with E-state index in [1.807, 2.05) is 12.1 Å². The Kier molecular flexibility index (Phi) is 5.88. The van der Waals surface area contributed by atoms with Crippen LogP contribution in [0.25, 0.3) is 0 Å². The number of nitrogens with zero attached hydrogens (tertiary/aromatic N) is 2. The third-order valence-corrected chi connectivity index (χ3v) is 6.95. The predicted molar refractivity (Wildman–Crippen MR) is 118 cm³/mol. The summed E-state index contributed by atoms with van der Waals surface area (Å²) in [5, 5.41) is 21.1. The molecule has 28 heavy (non-hydrogen) atoms. The van der Waals surface area contributed by atoms with Crippen LogP contribution in [-0.2, 0) is 0 Å². The molecule has 8 heteroatoms. The number of hydrogen-bond donors (Lipinski definition) is 2. The average Bonchev–Trinajstić information content (AvgIpc) is 2.68. The zero-order valence-electron chi connectivity index (χ0n) is 14.4. The molecule has 0 aromatic heterocycles. The first kappa shape index (κ1) is 20.5. The van der Waals surface area contributed by atoms with Gasteiger partial charge in [-0.1, -0.05) is 71.4 Å². The van der Waals surface area contributed by atoms with Crippen LogP contribution in [0.1, 0.15) is 22.3 Å². The minimum atomic E-state index is -1.37. The molecule has 0 saturated heterocycles. The van der Waals surface area contributed by atoms with Crippen LogP contribution < -0.4 is 11.5 Å². The lowest BCUT2D eigenvalue weighted by molar-refractivity contribution is 0.462. The Morgan fingerprint density at radius 1 is 1.00 bits per heavy atom. The fraction of sp³-hybridized carbons (Fsp3) is 0.150. The van der Waals surface area contributed by atoms with E-state index in [0.717, 1.165) is 5.56 Å². The van der Waals surface area contributed by atoms with Gasteiger partial charge in [0.25, 0.3) is 0 Å². The third-order valence-electron chi connectivity index (χ3n) is 4.76. The number of nitrogens with two attached hydrogens (primary N) is 2. The van der Waals surface area contributed by atoms with Gasteiger partial charge in [-0.2, -0.15) is 10.5 Å². The number of allylic oxidation sites excluding steroid dienone is 1. The molecule has 0 fully saturated rings. The predicted octanol–water partition coefficient (Wildman–Crippen LogP) is 5.06. The monoisotopic (exact) mass is 444 g/mol. The second-order valence-corrected chi connectivity index (χ2v) is 8.73. The quantitative estimate of drug-likeness (QED) is 0.641. The first-order valence-electron chi connectivity index (χ1n) is 8.13. The topological polar surface area (TPSA) is 99.6 Å². The summed E-state index contributed by atoms with van der Waals surface area (Å²) in [5.74, 6) is -0.723. The molecule has 0 spiro atoms. The molecule has 0 saturated carbocycles. The summed E-state index contributed by atoms with van der Waals surface area (Å²) in [7, 11) is 0. The summed E-state index contributed by atoms with van der Waals surface area (Å²) in [6.45, 7) is 0. The van der Waals surface area contributed by atoms with Crippen molar-refractivity contribution < 1.29 is 0 Å². The number of thioether (sulfide) groups is 1. The lowest BCUT2D eigenvalue weighted by Crippen LogP contribution is -2.46. The maximum absolute atomic E-state index is 10.3. The van der Waals surface area contributed by atoms with E-state index in [1.165, 1.54) is 11.8 Å². The molecule has 3 atom stereocenters. The van der Waals surface area contributed by atoms with E-state index < -0.39 is 16.6 Å². The molecule has 2 aromatic rings. The third kappa shape index (κ3) is 3.34. The average molecular weight is 445 g/mol. The second kappa shape index (κ2) is 8.03. The van der Waals surface area contributed by atoms with Gasteiger partial charge in [-0.25, -0.2) is 0 Å². The van der Waals surface area contributed by atoms with Gasteiger partial charge < -0.3 is 11.5 Å². The SMILES string of the molecule is N#CC1=C(N)S[C@H](c2ccc(Cl)cc2)[C@](C#N)(C(N)=S)[C@@H]1c1ccc(Cl)cc1.